The van der Waals surface area contributed by atoms with Gasteiger partial charge in [-0.3, -0.25) is 0 Å². The van der Waals surface area contributed by atoms with Crippen LogP contribution < -0.4 is 16.0 Å². The fourth-order valence-corrected chi connectivity index (χ4v) is 1.89. The number of rotatable bonds is 3. The van der Waals surface area contributed by atoms with E-state index in [1.54, 1.807) is 0 Å². The van der Waals surface area contributed by atoms with E-state index in [0.717, 1.165) is 25.9 Å². The number of halogens is 1. The van der Waals surface area contributed by atoms with Crippen molar-refractivity contribution in [2.75, 3.05) is 30.0 Å². The Morgan fingerprint density at radius 1 is 1.19 bits per heavy atom. The van der Waals surface area contributed by atoms with Gasteiger partial charge in [0.2, 0.25) is 17.2 Å². The molecule has 1 aromatic rings. The van der Waals surface area contributed by atoms with Gasteiger partial charge in [-0.05, 0) is 30.9 Å². The predicted molar refractivity (Wildman–Crippen MR) is 62.5 cm³/mol. The van der Waals surface area contributed by atoms with Crippen molar-refractivity contribution in [1.29, 1.82) is 0 Å². The summed E-state index contributed by atoms with van der Waals surface area (Å²) in [5, 5.41) is 2.89. The van der Waals surface area contributed by atoms with Crippen molar-refractivity contribution in [3.8, 4) is 0 Å². The Hall–Kier alpha value is -1.14. The van der Waals surface area contributed by atoms with Gasteiger partial charge >= 0.3 is 0 Å². The summed E-state index contributed by atoms with van der Waals surface area (Å²) in [7, 11) is 0. The lowest BCUT2D eigenvalue weighted by molar-refractivity contribution is 0.567. The summed E-state index contributed by atoms with van der Waals surface area (Å²) in [6.07, 6.45) is 3.57. The summed E-state index contributed by atoms with van der Waals surface area (Å²) in [5.74, 6) is 0.978. The molecule has 6 nitrogen and oxygen atoms in total. The third-order valence-electron chi connectivity index (χ3n) is 2.48. The highest BCUT2D eigenvalue weighted by Gasteiger charge is 2.15. The van der Waals surface area contributed by atoms with E-state index in [4.69, 9.17) is 17.3 Å². The van der Waals surface area contributed by atoms with Crippen LogP contribution in [0, 0.1) is 0 Å². The summed E-state index contributed by atoms with van der Waals surface area (Å²) in [6, 6.07) is 0. The maximum absolute atomic E-state index is 7.06. The standard InChI is InChI=1S/C9H14ClN6/c10-7-13-8(12-6-11)15-9(14-7)16-4-2-1-3-5-16/h11H,1-6H2,(H,12,13,14,15). The number of nitrogens with one attached hydrogen (secondary N) is 2. The van der Waals surface area contributed by atoms with Crippen LogP contribution >= 0.6 is 11.6 Å². The number of hydrogen-bond donors (Lipinski definition) is 1. The van der Waals surface area contributed by atoms with Crippen LogP contribution in [0.15, 0.2) is 0 Å². The van der Waals surface area contributed by atoms with Crippen molar-refractivity contribution in [2.45, 2.75) is 19.3 Å². The lowest BCUT2D eigenvalue weighted by Crippen LogP contribution is -2.31. The minimum Gasteiger partial charge on any atom is -0.341 e. The van der Waals surface area contributed by atoms with Gasteiger partial charge in [0.25, 0.3) is 0 Å². The average Bonchev–Trinajstić information content (AvgIpc) is 2.30. The van der Waals surface area contributed by atoms with Crippen LogP contribution in [0.2, 0.25) is 5.28 Å². The van der Waals surface area contributed by atoms with E-state index in [2.05, 4.69) is 25.2 Å². The Kier molecular flexibility index (Phi) is 3.74. The Balaban J connectivity index is 2.18. The Morgan fingerprint density at radius 3 is 2.62 bits per heavy atom. The Morgan fingerprint density at radius 2 is 1.94 bits per heavy atom. The molecule has 1 saturated heterocycles. The SMILES string of the molecule is [NH]CNc1nc(Cl)nc(N2CCCCC2)n1. The molecule has 2 rings (SSSR count). The molecule has 0 bridgehead atoms. The molecule has 7 heteroatoms. The zero-order valence-electron chi connectivity index (χ0n) is 8.91. The highest BCUT2D eigenvalue weighted by Crippen LogP contribution is 2.18. The third-order valence-corrected chi connectivity index (χ3v) is 2.65. The first-order chi connectivity index (χ1) is 7.79. The molecule has 0 unspecified atom stereocenters. The number of piperidine rings is 1. The van der Waals surface area contributed by atoms with Gasteiger partial charge < -0.3 is 10.2 Å². The van der Waals surface area contributed by atoms with Crippen LogP contribution in [-0.2, 0) is 0 Å². The molecule has 0 saturated carbocycles. The molecule has 1 radical (unpaired) electrons. The fourth-order valence-electron chi connectivity index (χ4n) is 1.73. The van der Waals surface area contributed by atoms with Crippen LogP contribution in [0.4, 0.5) is 11.9 Å². The van der Waals surface area contributed by atoms with E-state index in [1.165, 1.54) is 6.42 Å². The molecule has 0 amide bonds. The van der Waals surface area contributed by atoms with Gasteiger partial charge in [0.05, 0.1) is 6.67 Å². The molecule has 0 atom stereocenters. The van der Waals surface area contributed by atoms with Crippen molar-refractivity contribution in [3.63, 3.8) is 0 Å². The zero-order chi connectivity index (χ0) is 11.4. The first-order valence-corrected chi connectivity index (χ1v) is 5.72. The highest BCUT2D eigenvalue weighted by atomic mass is 35.5. The van der Waals surface area contributed by atoms with E-state index >= 15 is 0 Å². The van der Waals surface area contributed by atoms with Gasteiger partial charge in [-0.1, -0.05) is 0 Å². The minimum atomic E-state index is 0.0276. The molecule has 1 fully saturated rings. The molecule has 87 valence electrons. The van der Waals surface area contributed by atoms with Crippen LogP contribution in [0.5, 0.6) is 0 Å². The second kappa shape index (κ2) is 5.27. The molecule has 1 aromatic heterocycles. The largest absolute Gasteiger partial charge is 0.341 e. The van der Waals surface area contributed by atoms with Crippen LogP contribution in [0.1, 0.15) is 19.3 Å². The lowest BCUT2D eigenvalue weighted by atomic mass is 10.1. The van der Waals surface area contributed by atoms with Crippen LogP contribution in [-0.4, -0.2) is 34.7 Å². The Labute approximate surface area is 99.2 Å². The smallest absolute Gasteiger partial charge is 0.231 e. The second-order valence-electron chi connectivity index (χ2n) is 3.63. The number of aromatic nitrogens is 3. The second-order valence-corrected chi connectivity index (χ2v) is 3.97. The first-order valence-electron chi connectivity index (χ1n) is 5.34. The van der Waals surface area contributed by atoms with Gasteiger partial charge in [0, 0.05) is 13.1 Å². The quantitative estimate of drug-likeness (QED) is 0.860. The summed E-state index contributed by atoms with van der Waals surface area (Å²) in [6.45, 7) is 1.95. The first kappa shape index (κ1) is 11.3. The Bertz CT molecular complexity index is 352. The lowest BCUT2D eigenvalue weighted by Gasteiger charge is -2.26. The molecule has 1 aliphatic heterocycles. The van der Waals surface area contributed by atoms with Gasteiger partial charge in [-0.15, -0.1) is 0 Å². The number of hydrogen-bond acceptors (Lipinski definition) is 5. The summed E-state index contributed by atoms with van der Waals surface area (Å²) in [4.78, 5) is 14.4. The third kappa shape index (κ3) is 2.70. The summed E-state index contributed by atoms with van der Waals surface area (Å²) >= 11 is 5.81. The molecule has 2 N–H and O–H groups in total. The van der Waals surface area contributed by atoms with E-state index in [9.17, 15) is 0 Å². The van der Waals surface area contributed by atoms with Crippen LogP contribution in [0.3, 0.4) is 0 Å². The van der Waals surface area contributed by atoms with E-state index < -0.39 is 0 Å². The van der Waals surface area contributed by atoms with Crippen molar-refractivity contribution >= 4 is 23.5 Å². The minimum absolute atomic E-state index is 0.0276. The fraction of sp³-hybridized carbons (Fsp3) is 0.667. The molecule has 0 spiro atoms. The number of anilines is 2. The molecule has 16 heavy (non-hydrogen) atoms. The molecule has 0 aromatic carbocycles. The monoisotopic (exact) mass is 241 g/mol. The molecule has 1 aliphatic rings. The van der Waals surface area contributed by atoms with Crippen molar-refractivity contribution in [3.05, 3.63) is 5.28 Å². The summed E-state index contributed by atoms with van der Waals surface area (Å²) < 4.78 is 0. The van der Waals surface area contributed by atoms with Gasteiger partial charge in [-0.2, -0.15) is 15.0 Å². The van der Waals surface area contributed by atoms with Crippen molar-refractivity contribution in [2.24, 2.45) is 0 Å². The van der Waals surface area contributed by atoms with Gasteiger partial charge in [-0.25, -0.2) is 5.73 Å². The molecule has 0 aliphatic carbocycles. The summed E-state index contributed by atoms with van der Waals surface area (Å²) in [5.41, 5.74) is 7.06. The van der Waals surface area contributed by atoms with E-state index in [0.29, 0.717) is 11.9 Å². The predicted octanol–water partition coefficient (Wildman–Crippen LogP) is 1.17. The van der Waals surface area contributed by atoms with E-state index in [1.807, 2.05) is 0 Å². The average molecular weight is 242 g/mol. The van der Waals surface area contributed by atoms with Crippen LogP contribution in [0.25, 0.3) is 0 Å². The maximum Gasteiger partial charge on any atom is 0.231 e. The number of nitrogens with zero attached hydrogens (tertiary/aromatic N) is 4. The van der Waals surface area contributed by atoms with E-state index in [-0.39, 0.29) is 12.0 Å². The topological polar surface area (TPSA) is 77.7 Å². The van der Waals surface area contributed by atoms with Gasteiger partial charge in [0.1, 0.15) is 0 Å². The molecular weight excluding hydrogens is 228 g/mol. The molecule has 2 heterocycles. The highest BCUT2D eigenvalue weighted by molar-refractivity contribution is 6.28. The van der Waals surface area contributed by atoms with Gasteiger partial charge in [0.15, 0.2) is 0 Å². The van der Waals surface area contributed by atoms with Crippen molar-refractivity contribution in [1.82, 2.24) is 20.7 Å². The zero-order valence-corrected chi connectivity index (χ0v) is 9.67. The maximum atomic E-state index is 7.06. The van der Waals surface area contributed by atoms with Crippen molar-refractivity contribution < 1.29 is 0 Å². The normalized spacial score (nSPS) is 16.2. The molecular formula is C9H14ClN6.